The highest BCUT2D eigenvalue weighted by Gasteiger charge is 2.06. The van der Waals surface area contributed by atoms with Gasteiger partial charge in [-0.05, 0) is 47.5 Å². The van der Waals surface area contributed by atoms with E-state index in [2.05, 4.69) is 21.2 Å². The molecule has 0 aliphatic rings. The molecule has 0 spiro atoms. The summed E-state index contributed by atoms with van der Waals surface area (Å²) in [7, 11) is 0. The van der Waals surface area contributed by atoms with E-state index in [1.165, 1.54) is 0 Å². The lowest BCUT2D eigenvalue weighted by Crippen LogP contribution is -2.34. The van der Waals surface area contributed by atoms with E-state index < -0.39 is 6.10 Å². The Morgan fingerprint density at radius 2 is 2.29 bits per heavy atom. The average molecular weight is 302 g/mol. The molecule has 0 bridgehead atoms. The van der Waals surface area contributed by atoms with Crippen LogP contribution in [-0.4, -0.2) is 30.3 Å². The molecule has 1 amide bonds. The van der Waals surface area contributed by atoms with Crippen LogP contribution in [0.1, 0.15) is 12.5 Å². The second-order valence-corrected chi connectivity index (χ2v) is 4.73. The van der Waals surface area contributed by atoms with Gasteiger partial charge in [0.2, 0.25) is 0 Å². The molecule has 0 saturated carbocycles. The number of halogens is 1. The van der Waals surface area contributed by atoms with Crippen LogP contribution in [0.4, 0.5) is 0 Å². The lowest BCUT2D eigenvalue weighted by Gasteiger charge is -2.10. The summed E-state index contributed by atoms with van der Waals surface area (Å²) in [5.74, 6) is 0.376. The highest BCUT2D eigenvalue weighted by molar-refractivity contribution is 9.10. The number of nitrogens with one attached hydrogen (secondary N) is 1. The number of aliphatic hydroxyl groups excluding tert-OH is 1. The van der Waals surface area contributed by atoms with Crippen molar-refractivity contribution < 1.29 is 14.6 Å². The molecule has 0 heterocycles. The predicted octanol–water partition coefficient (Wildman–Crippen LogP) is 1.63. The van der Waals surface area contributed by atoms with Gasteiger partial charge in [-0.25, -0.2) is 0 Å². The number of aryl methyl sites for hydroxylation is 1. The molecule has 0 aliphatic carbocycles. The van der Waals surface area contributed by atoms with Gasteiger partial charge in [0.25, 0.3) is 5.91 Å². The Labute approximate surface area is 109 Å². The number of amides is 1. The normalized spacial score (nSPS) is 12.0. The number of hydrogen-bond acceptors (Lipinski definition) is 3. The zero-order valence-electron chi connectivity index (χ0n) is 9.87. The fourth-order valence-electron chi connectivity index (χ4n) is 1.18. The number of benzene rings is 1. The lowest BCUT2D eigenvalue weighted by atomic mass is 10.2. The molecule has 4 nitrogen and oxygen atoms in total. The highest BCUT2D eigenvalue weighted by Crippen LogP contribution is 2.25. The third kappa shape index (κ3) is 5.19. The summed E-state index contributed by atoms with van der Waals surface area (Å²) in [6, 6.07) is 5.64. The van der Waals surface area contributed by atoms with Crippen LogP contribution < -0.4 is 10.1 Å². The van der Waals surface area contributed by atoms with E-state index in [1.54, 1.807) is 13.0 Å². The summed E-state index contributed by atoms with van der Waals surface area (Å²) in [6.07, 6.45) is -0.551. The van der Waals surface area contributed by atoms with Gasteiger partial charge in [-0.15, -0.1) is 0 Å². The van der Waals surface area contributed by atoms with E-state index in [4.69, 9.17) is 9.84 Å². The molecule has 1 aromatic rings. The Kier molecular flexibility index (Phi) is 5.44. The van der Waals surface area contributed by atoms with Crippen LogP contribution in [0.25, 0.3) is 0 Å². The highest BCUT2D eigenvalue weighted by atomic mass is 79.9. The number of aliphatic hydroxyl groups is 1. The van der Waals surface area contributed by atoms with Gasteiger partial charge in [-0.1, -0.05) is 6.07 Å². The maximum Gasteiger partial charge on any atom is 0.258 e. The van der Waals surface area contributed by atoms with Crippen molar-refractivity contribution in [1.82, 2.24) is 5.32 Å². The van der Waals surface area contributed by atoms with Gasteiger partial charge < -0.3 is 15.2 Å². The van der Waals surface area contributed by atoms with Crippen molar-refractivity contribution >= 4 is 21.8 Å². The monoisotopic (exact) mass is 301 g/mol. The summed E-state index contributed by atoms with van der Waals surface area (Å²) >= 11 is 3.36. The maximum atomic E-state index is 11.3. The van der Waals surface area contributed by atoms with Gasteiger partial charge in [-0.2, -0.15) is 0 Å². The number of hydrogen-bond donors (Lipinski definition) is 2. The number of rotatable bonds is 5. The first kappa shape index (κ1) is 14.0. The summed E-state index contributed by atoms with van der Waals surface area (Å²) in [6.45, 7) is 3.76. The van der Waals surface area contributed by atoms with Crippen LogP contribution in [0.3, 0.4) is 0 Å². The van der Waals surface area contributed by atoms with Crippen LogP contribution in [-0.2, 0) is 4.79 Å². The maximum absolute atomic E-state index is 11.3. The van der Waals surface area contributed by atoms with Crippen molar-refractivity contribution in [1.29, 1.82) is 0 Å². The van der Waals surface area contributed by atoms with E-state index >= 15 is 0 Å². The van der Waals surface area contributed by atoms with Gasteiger partial charge in [0.15, 0.2) is 6.61 Å². The first-order valence-corrected chi connectivity index (χ1v) is 6.12. The average Bonchev–Trinajstić information content (AvgIpc) is 2.25. The Balaban J connectivity index is 2.42. The van der Waals surface area contributed by atoms with Gasteiger partial charge in [0.1, 0.15) is 5.75 Å². The minimum Gasteiger partial charge on any atom is -0.483 e. The molecule has 1 aromatic carbocycles. The van der Waals surface area contributed by atoms with Crippen LogP contribution in [0.5, 0.6) is 5.75 Å². The summed E-state index contributed by atoms with van der Waals surface area (Å²) in [5, 5.41) is 11.6. The molecule has 0 saturated heterocycles. The van der Waals surface area contributed by atoms with Crippen molar-refractivity contribution in [3.8, 4) is 5.75 Å². The van der Waals surface area contributed by atoms with E-state index in [1.807, 2.05) is 19.1 Å². The second-order valence-electron chi connectivity index (χ2n) is 3.88. The number of carbonyl (C=O) groups excluding carboxylic acids is 1. The first-order valence-electron chi connectivity index (χ1n) is 5.32. The largest absolute Gasteiger partial charge is 0.483 e. The zero-order chi connectivity index (χ0) is 12.8. The van der Waals surface area contributed by atoms with Crippen molar-refractivity contribution in [3.05, 3.63) is 28.2 Å². The van der Waals surface area contributed by atoms with Crippen molar-refractivity contribution in [2.24, 2.45) is 0 Å². The molecule has 1 atom stereocenters. The molecule has 2 N–H and O–H groups in total. The minimum atomic E-state index is -0.551. The van der Waals surface area contributed by atoms with Gasteiger partial charge in [0.05, 0.1) is 10.6 Å². The number of ether oxygens (including phenoxy) is 1. The Morgan fingerprint density at radius 1 is 1.59 bits per heavy atom. The zero-order valence-corrected chi connectivity index (χ0v) is 11.5. The fraction of sp³-hybridized carbons (Fsp3) is 0.417. The third-order valence-corrected chi connectivity index (χ3v) is 2.66. The van der Waals surface area contributed by atoms with Crippen LogP contribution in [0.2, 0.25) is 0 Å². The fourth-order valence-corrected chi connectivity index (χ4v) is 1.79. The quantitative estimate of drug-likeness (QED) is 0.869. The summed E-state index contributed by atoms with van der Waals surface area (Å²) in [5.41, 5.74) is 1.11. The minimum absolute atomic E-state index is 0.0611. The van der Waals surface area contributed by atoms with Crippen LogP contribution in [0.15, 0.2) is 22.7 Å². The smallest absolute Gasteiger partial charge is 0.258 e. The van der Waals surface area contributed by atoms with Gasteiger partial charge in [0, 0.05) is 6.54 Å². The van der Waals surface area contributed by atoms with Gasteiger partial charge in [-0.3, -0.25) is 4.79 Å². The standard InChI is InChI=1S/C12H16BrNO3/c1-8-3-4-11(10(13)5-8)17-7-12(16)14-6-9(2)15/h3-5,9,15H,6-7H2,1-2H3,(H,14,16)/t9-/m1/s1. The van der Waals surface area contributed by atoms with Crippen LogP contribution in [0, 0.1) is 6.92 Å². The van der Waals surface area contributed by atoms with E-state index in [0.29, 0.717) is 5.75 Å². The molecule has 0 fully saturated rings. The Morgan fingerprint density at radius 3 is 2.88 bits per heavy atom. The lowest BCUT2D eigenvalue weighted by molar-refractivity contribution is -0.123. The van der Waals surface area contributed by atoms with Crippen LogP contribution >= 0.6 is 15.9 Å². The molecule has 0 radical (unpaired) electrons. The Hall–Kier alpha value is -1.07. The molecule has 5 heteroatoms. The molecule has 17 heavy (non-hydrogen) atoms. The van der Waals surface area contributed by atoms with Gasteiger partial charge >= 0.3 is 0 Å². The molecule has 94 valence electrons. The predicted molar refractivity (Wildman–Crippen MR) is 69.1 cm³/mol. The summed E-state index contributed by atoms with van der Waals surface area (Å²) < 4.78 is 6.17. The molecule has 0 unspecified atom stereocenters. The topological polar surface area (TPSA) is 58.6 Å². The number of carbonyl (C=O) groups is 1. The molecular weight excluding hydrogens is 286 g/mol. The van der Waals surface area contributed by atoms with E-state index in [0.717, 1.165) is 10.0 Å². The SMILES string of the molecule is Cc1ccc(OCC(=O)NC[C@@H](C)O)c(Br)c1. The van der Waals surface area contributed by atoms with Crippen molar-refractivity contribution in [2.75, 3.05) is 13.2 Å². The van der Waals surface area contributed by atoms with Crippen molar-refractivity contribution in [2.45, 2.75) is 20.0 Å². The summed E-state index contributed by atoms with van der Waals surface area (Å²) in [4.78, 5) is 11.3. The molecule has 0 aliphatic heterocycles. The molecule has 0 aromatic heterocycles. The van der Waals surface area contributed by atoms with E-state index in [9.17, 15) is 4.79 Å². The van der Waals surface area contributed by atoms with E-state index in [-0.39, 0.29) is 19.1 Å². The second kappa shape index (κ2) is 6.61. The Bertz CT molecular complexity index is 393. The molecular formula is C12H16BrNO3. The first-order chi connectivity index (χ1) is 7.99. The third-order valence-electron chi connectivity index (χ3n) is 2.04. The molecule has 1 rings (SSSR count). The van der Waals surface area contributed by atoms with Crippen molar-refractivity contribution in [3.63, 3.8) is 0 Å².